The molecule has 2 aromatic carbocycles. The number of piperidine rings is 1. The first-order valence-corrected chi connectivity index (χ1v) is 13.1. The molecule has 5 nitrogen and oxygen atoms in total. The standard InChI is InChI=1S/C30H34F3N5/c1-21-3-9-27(19-34-21)36-17-22-4-7-24(8-5-22)29-16-25-15-23(18-35-26-11-13-37(2)14-12-26)6-10-28(25)38(29)20-30(31,32)33/h3-10,15-16,19,26,35-36H,11-14,17-18,20H2,1-2H3. The van der Waals surface area contributed by atoms with Crippen molar-refractivity contribution in [3.05, 3.63) is 83.7 Å². The van der Waals surface area contributed by atoms with Crippen molar-refractivity contribution in [3.63, 3.8) is 0 Å². The lowest BCUT2D eigenvalue weighted by Gasteiger charge is -2.29. The van der Waals surface area contributed by atoms with Crippen LogP contribution in [0.5, 0.6) is 0 Å². The van der Waals surface area contributed by atoms with E-state index in [2.05, 4.69) is 27.6 Å². The maximum absolute atomic E-state index is 13.6. The summed E-state index contributed by atoms with van der Waals surface area (Å²) in [7, 11) is 2.14. The number of fused-ring (bicyclic) bond motifs is 1. The topological polar surface area (TPSA) is 45.1 Å². The van der Waals surface area contributed by atoms with E-state index in [4.69, 9.17) is 0 Å². The van der Waals surface area contributed by atoms with E-state index in [1.165, 1.54) is 4.57 Å². The number of nitrogens with zero attached hydrogens (tertiary/aromatic N) is 3. The Balaban J connectivity index is 1.35. The lowest BCUT2D eigenvalue weighted by atomic mass is 10.0. The van der Waals surface area contributed by atoms with Crippen LogP contribution >= 0.6 is 0 Å². The molecule has 200 valence electrons. The summed E-state index contributed by atoms with van der Waals surface area (Å²) in [4.78, 5) is 6.62. The molecule has 4 aromatic rings. The summed E-state index contributed by atoms with van der Waals surface area (Å²) >= 11 is 0. The summed E-state index contributed by atoms with van der Waals surface area (Å²) in [6.07, 6.45) is -0.311. The van der Waals surface area contributed by atoms with Crippen molar-refractivity contribution < 1.29 is 13.2 Å². The molecule has 2 N–H and O–H groups in total. The zero-order valence-corrected chi connectivity index (χ0v) is 21.9. The van der Waals surface area contributed by atoms with Crippen molar-refractivity contribution in [2.45, 2.75) is 51.6 Å². The molecule has 1 aliphatic heterocycles. The van der Waals surface area contributed by atoms with Gasteiger partial charge >= 0.3 is 6.18 Å². The van der Waals surface area contributed by atoms with Gasteiger partial charge < -0.3 is 20.1 Å². The predicted molar refractivity (Wildman–Crippen MR) is 147 cm³/mol. The van der Waals surface area contributed by atoms with Gasteiger partial charge in [0.15, 0.2) is 0 Å². The molecule has 8 heteroatoms. The van der Waals surface area contributed by atoms with Crippen LogP contribution in [0.4, 0.5) is 18.9 Å². The van der Waals surface area contributed by atoms with Crippen molar-refractivity contribution in [1.29, 1.82) is 0 Å². The molecule has 0 radical (unpaired) electrons. The smallest absolute Gasteiger partial charge is 0.380 e. The van der Waals surface area contributed by atoms with E-state index in [9.17, 15) is 13.2 Å². The summed E-state index contributed by atoms with van der Waals surface area (Å²) in [5.74, 6) is 0. The number of anilines is 1. The van der Waals surface area contributed by atoms with E-state index < -0.39 is 12.7 Å². The van der Waals surface area contributed by atoms with Crippen molar-refractivity contribution in [2.75, 3.05) is 25.5 Å². The van der Waals surface area contributed by atoms with E-state index in [0.29, 0.717) is 30.3 Å². The van der Waals surface area contributed by atoms with Gasteiger partial charge in [0.1, 0.15) is 6.54 Å². The van der Waals surface area contributed by atoms with E-state index in [1.807, 2.05) is 67.6 Å². The second-order valence-electron chi connectivity index (χ2n) is 10.3. The van der Waals surface area contributed by atoms with Crippen LogP contribution in [0.1, 0.15) is 29.7 Å². The van der Waals surface area contributed by atoms with Gasteiger partial charge in [-0.1, -0.05) is 30.3 Å². The van der Waals surface area contributed by atoms with Crippen LogP contribution in [0.15, 0.2) is 66.9 Å². The lowest BCUT2D eigenvalue weighted by Crippen LogP contribution is -2.40. The normalized spacial score (nSPS) is 15.3. The number of likely N-dealkylation sites (tertiary alicyclic amines) is 1. The minimum absolute atomic E-state index is 0.475. The molecule has 1 fully saturated rings. The fourth-order valence-electron chi connectivity index (χ4n) is 5.06. The van der Waals surface area contributed by atoms with Crippen LogP contribution in [-0.4, -0.2) is 46.8 Å². The number of aryl methyl sites for hydroxylation is 1. The van der Waals surface area contributed by atoms with Gasteiger partial charge in [0, 0.05) is 41.4 Å². The second-order valence-corrected chi connectivity index (χ2v) is 10.3. The first-order chi connectivity index (χ1) is 18.2. The van der Waals surface area contributed by atoms with E-state index in [1.54, 1.807) is 6.20 Å². The highest BCUT2D eigenvalue weighted by atomic mass is 19.4. The minimum Gasteiger partial charge on any atom is -0.380 e. The Morgan fingerprint density at radius 2 is 1.66 bits per heavy atom. The average molecular weight is 522 g/mol. The third-order valence-corrected chi connectivity index (χ3v) is 7.27. The van der Waals surface area contributed by atoms with Crippen LogP contribution in [-0.2, 0) is 19.6 Å². The lowest BCUT2D eigenvalue weighted by molar-refractivity contribution is -0.139. The van der Waals surface area contributed by atoms with Gasteiger partial charge in [-0.05, 0) is 86.9 Å². The Bertz CT molecular complexity index is 1350. The molecule has 1 aliphatic rings. The van der Waals surface area contributed by atoms with E-state index >= 15 is 0 Å². The number of halogens is 3. The molecule has 2 aromatic heterocycles. The van der Waals surface area contributed by atoms with Crippen LogP contribution in [0.2, 0.25) is 0 Å². The van der Waals surface area contributed by atoms with Gasteiger partial charge in [0.2, 0.25) is 0 Å². The average Bonchev–Trinajstić information content (AvgIpc) is 3.24. The van der Waals surface area contributed by atoms with Crippen molar-refractivity contribution in [1.82, 2.24) is 19.8 Å². The molecule has 0 bridgehead atoms. The molecule has 1 saturated heterocycles. The largest absolute Gasteiger partial charge is 0.406 e. The number of hydrogen-bond donors (Lipinski definition) is 2. The van der Waals surface area contributed by atoms with Crippen molar-refractivity contribution in [2.24, 2.45) is 0 Å². The number of benzene rings is 2. The van der Waals surface area contributed by atoms with Crippen LogP contribution in [0.25, 0.3) is 22.2 Å². The Hall–Kier alpha value is -3.36. The molecule has 0 spiro atoms. The van der Waals surface area contributed by atoms with Gasteiger partial charge in [-0.2, -0.15) is 13.2 Å². The summed E-state index contributed by atoms with van der Waals surface area (Å²) in [6, 6.07) is 19.8. The monoisotopic (exact) mass is 521 g/mol. The van der Waals surface area contributed by atoms with Crippen LogP contribution < -0.4 is 10.6 Å². The van der Waals surface area contributed by atoms with Gasteiger partial charge in [-0.3, -0.25) is 4.98 Å². The maximum atomic E-state index is 13.6. The first kappa shape index (κ1) is 26.3. The van der Waals surface area contributed by atoms with Crippen LogP contribution in [0, 0.1) is 6.92 Å². The second kappa shape index (κ2) is 11.2. The summed E-state index contributed by atoms with van der Waals surface area (Å²) in [6.45, 7) is 4.39. The number of rotatable bonds is 8. The van der Waals surface area contributed by atoms with Crippen molar-refractivity contribution >= 4 is 16.6 Å². The Morgan fingerprint density at radius 1 is 0.921 bits per heavy atom. The zero-order chi connectivity index (χ0) is 26.7. The fraction of sp³-hybridized carbons (Fsp3) is 0.367. The summed E-state index contributed by atoms with van der Waals surface area (Å²) in [5, 5.41) is 7.78. The number of pyridine rings is 1. The number of hydrogen-bond acceptors (Lipinski definition) is 4. The quantitative estimate of drug-likeness (QED) is 0.283. The fourth-order valence-corrected chi connectivity index (χ4v) is 5.06. The van der Waals surface area contributed by atoms with Gasteiger partial charge in [0.05, 0.1) is 11.9 Å². The molecule has 0 amide bonds. The highest BCUT2D eigenvalue weighted by Gasteiger charge is 2.30. The van der Waals surface area contributed by atoms with Gasteiger partial charge in [0.25, 0.3) is 0 Å². The molecule has 5 rings (SSSR count). The Labute approximate surface area is 221 Å². The highest BCUT2D eigenvalue weighted by Crippen LogP contribution is 2.32. The SMILES string of the molecule is Cc1ccc(NCc2ccc(-c3cc4cc(CNC5CCN(C)CC5)ccc4n3CC(F)(F)F)cc2)cn1. The molecule has 0 aliphatic carbocycles. The van der Waals surface area contributed by atoms with Crippen LogP contribution in [0.3, 0.4) is 0 Å². The third-order valence-electron chi connectivity index (χ3n) is 7.27. The zero-order valence-electron chi connectivity index (χ0n) is 21.9. The molecular formula is C30H34F3N5. The highest BCUT2D eigenvalue weighted by molar-refractivity contribution is 5.87. The summed E-state index contributed by atoms with van der Waals surface area (Å²) < 4.78 is 42.1. The molecular weight excluding hydrogens is 487 g/mol. The molecule has 3 heterocycles. The van der Waals surface area contributed by atoms with E-state index in [0.717, 1.165) is 59.4 Å². The van der Waals surface area contributed by atoms with E-state index in [-0.39, 0.29) is 0 Å². The van der Waals surface area contributed by atoms with Gasteiger partial charge in [-0.15, -0.1) is 0 Å². The first-order valence-electron chi connectivity index (χ1n) is 13.1. The third kappa shape index (κ3) is 6.55. The van der Waals surface area contributed by atoms with Gasteiger partial charge in [-0.25, -0.2) is 0 Å². The minimum atomic E-state index is -4.32. The number of aromatic nitrogens is 2. The molecule has 0 unspecified atom stereocenters. The number of nitrogens with one attached hydrogen (secondary N) is 2. The molecule has 38 heavy (non-hydrogen) atoms. The number of alkyl halides is 3. The maximum Gasteiger partial charge on any atom is 0.406 e. The Kier molecular flexibility index (Phi) is 7.72. The molecule has 0 saturated carbocycles. The van der Waals surface area contributed by atoms with Crippen molar-refractivity contribution in [3.8, 4) is 11.3 Å². The summed E-state index contributed by atoms with van der Waals surface area (Å²) in [5.41, 5.74) is 5.92. The Morgan fingerprint density at radius 3 is 2.34 bits per heavy atom. The molecule has 0 atom stereocenters. The predicted octanol–water partition coefficient (Wildman–Crippen LogP) is 6.37.